The summed E-state index contributed by atoms with van der Waals surface area (Å²) in [6.45, 7) is 0.555. The minimum Gasteiger partial charge on any atom is -0.385 e. The predicted octanol–water partition coefficient (Wildman–Crippen LogP) is 0.913. The van der Waals surface area contributed by atoms with E-state index in [9.17, 15) is 9.18 Å². The maximum Gasteiger partial charge on any atom is 0.242 e. The fraction of sp³-hybridized carbons (Fsp3) is 0.455. The summed E-state index contributed by atoms with van der Waals surface area (Å²) in [5, 5.41) is 2.45. The number of hydrogen-bond acceptors (Lipinski definition) is 4. The zero-order valence-corrected chi connectivity index (χ0v) is 9.65. The minimum absolute atomic E-state index is 0.164. The van der Waals surface area contributed by atoms with Crippen molar-refractivity contribution in [2.24, 2.45) is 5.73 Å². The highest BCUT2D eigenvalue weighted by Gasteiger charge is 2.13. The van der Waals surface area contributed by atoms with Crippen molar-refractivity contribution in [1.29, 1.82) is 0 Å². The highest BCUT2D eigenvalue weighted by molar-refractivity contribution is 5.93. The van der Waals surface area contributed by atoms with Crippen LogP contribution < -0.4 is 11.1 Å². The van der Waals surface area contributed by atoms with E-state index in [0.29, 0.717) is 19.4 Å². The fourth-order valence-electron chi connectivity index (χ4n) is 1.28. The second-order valence-electron chi connectivity index (χ2n) is 3.58. The first-order valence-corrected chi connectivity index (χ1v) is 5.31. The van der Waals surface area contributed by atoms with Crippen LogP contribution in [0.5, 0.6) is 0 Å². The smallest absolute Gasteiger partial charge is 0.242 e. The number of amides is 1. The SMILES string of the molecule is COCCCC(N)C(=O)Nc1cccc(F)n1. The van der Waals surface area contributed by atoms with Gasteiger partial charge in [0.15, 0.2) is 0 Å². The van der Waals surface area contributed by atoms with Gasteiger partial charge in [0.05, 0.1) is 6.04 Å². The Hall–Kier alpha value is -1.53. The standard InChI is InChI=1S/C11H16FN3O2/c1-17-7-3-4-8(13)11(16)15-10-6-2-5-9(12)14-10/h2,5-6,8H,3-4,7,13H2,1H3,(H,14,15,16). The number of nitrogens with one attached hydrogen (secondary N) is 1. The first kappa shape index (κ1) is 13.5. The molecule has 1 heterocycles. The summed E-state index contributed by atoms with van der Waals surface area (Å²) < 4.78 is 17.6. The number of carbonyl (C=O) groups excluding carboxylic acids is 1. The van der Waals surface area contributed by atoms with Gasteiger partial charge in [-0.25, -0.2) is 4.98 Å². The van der Waals surface area contributed by atoms with Crippen LogP contribution in [0, 0.1) is 5.95 Å². The normalized spacial score (nSPS) is 12.2. The average Bonchev–Trinajstić information content (AvgIpc) is 2.29. The molecule has 1 atom stereocenters. The van der Waals surface area contributed by atoms with Crippen molar-refractivity contribution in [3.8, 4) is 0 Å². The molecule has 5 nitrogen and oxygen atoms in total. The molecule has 1 amide bonds. The Kier molecular flexibility index (Phi) is 5.51. The van der Waals surface area contributed by atoms with Crippen molar-refractivity contribution in [3.63, 3.8) is 0 Å². The summed E-state index contributed by atoms with van der Waals surface area (Å²) in [5.74, 6) is -0.854. The second-order valence-corrected chi connectivity index (χ2v) is 3.58. The van der Waals surface area contributed by atoms with Gasteiger partial charge in [-0.15, -0.1) is 0 Å². The molecule has 17 heavy (non-hydrogen) atoms. The Balaban J connectivity index is 2.43. The Morgan fingerprint density at radius 1 is 1.65 bits per heavy atom. The second kappa shape index (κ2) is 6.93. The minimum atomic E-state index is -0.643. The molecule has 0 bridgehead atoms. The van der Waals surface area contributed by atoms with Gasteiger partial charge in [-0.3, -0.25) is 4.79 Å². The van der Waals surface area contributed by atoms with Crippen LogP contribution in [0.3, 0.4) is 0 Å². The van der Waals surface area contributed by atoms with Crippen LogP contribution in [-0.2, 0) is 9.53 Å². The molecule has 1 unspecified atom stereocenters. The van der Waals surface area contributed by atoms with Crippen molar-refractivity contribution in [2.75, 3.05) is 19.0 Å². The van der Waals surface area contributed by atoms with E-state index in [-0.39, 0.29) is 11.7 Å². The molecule has 0 spiro atoms. The molecule has 3 N–H and O–H groups in total. The molecule has 0 aliphatic carbocycles. The molecule has 94 valence electrons. The molecule has 0 saturated heterocycles. The fourth-order valence-corrected chi connectivity index (χ4v) is 1.28. The molecule has 0 saturated carbocycles. The van der Waals surface area contributed by atoms with Gasteiger partial charge in [-0.1, -0.05) is 6.07 Å². The van der Waals surface area contributed by atoms with E-state index >= 15 is 0 Å². The van der Waals surface area contributed by atoms with Gasteiger partial charge in [0, 0.05) is 13.7 Å². The highest BCUT2D eigenvalue weighted by Crippen LogP contribution is 2.05. The molecule has 0 aromatic carbocycles. The number of halogens is 1. The molecular formula is C11H16FN3O2. The first-order valence-electron chi connectivity index (χ1n) is 5.31. The van der Waals surface area contributed by atoms with E-state index in [1.54, 1.807) is 7.11 Å². The molecule has 1 aromatic rings. The van der Waals surface area contributed by atoms with E-state index in [1.807, 2.05) is 0 Å². The molecule has 0 radical (unpaired) electrons. The number of ether oxygens (including phenoxy) is 1. The van der Waals surface area contributed by atoms with Crippen LogP contribution in [0.4, 0.5) is 10.2 Å². The van der Waals surface area contributed by atoms with Crippen LogP contribution in [0.15, 0.2) is 18.2 Å². The quantitative estimate of drug-likeness (QED) is 0.573. The zero-order chi connectivity index (χ0) is 12.7. The lowest BCUT2D eigenvalue weighted by atomic mass is 10.1. The lowest BCUT2D eigenvalue weighted by Gasteiger charge is -2.11. The van der Waals surface area contributed by atoms with Crippen LogP contribution in [0.2, 0.25) is 0 Å². The number of aromatic nitrogens is 1. The molecule has 0 aliphatic rings. The number of pyridine rings is 1. The zero-order valence-electron chi connectivity index (χ0n) is 9.65. The number of hydrogen-bond donors (Lipinski definition) is 2. The van der Waals surface area contributed by atoms with E-state index < -0.39 is 12.0 Å². The molecule has 6 heteroatoms. The Morgan fingerprint density at radius 3 is 3.06 bits per heavy atom. The van der Waals surface area contributed by atoms with Gasteiger partial charge < -0.3 is 15.8 Å². The number of carbonyl (C=O) groups is 1. The monoisotopic (exact) mass is 241 g/mol. The van der Waals surface area contributed by atoms with Gasteiger partial charge >= 0.3 is 0 Å². The lowest BCUT2D eigenvalue weighted by Crippen LogP contribution is -2.36. The predicted molar refractivity (Wildman–Crippen MR) is 61.9 cm³/mol. The van der Waals surface area contributed by atoms with E-state index in [0.717, 1.165) is 0 Å². The molecule has 1 aromatic heterocycles. The molecule has 0 aliphatic heterocycles. The molecular weight excluding hydrogens is 225 g/mol. The first-order chi connectivity index (χ1) is 8.13. The number of methoxy groups -OCH3 is 1. The van der Waals surface area contributed by atoms with Crippen LogP contribution in [-0.4, -0.2) is 30.6 Å². The van der Waals surface area contributed by atoms with Gasteiger partial charge in [0.25, 0.3) is 0 Å². The Morgan fingerprint density at radius 2 is 2.41 bits per heavy atom. The third-order valence-electron chi connectivity index (χ3n) is 2.17. The summed E-state index contributed by atoms with van der Waals surface area (Å²) in [4.78, 5) is 15.1. The largest absolute Gasteiger partial charge is 0.385 e. The number of rotatable bonds is 6. The van der Waals surface area contributed by atoms with Gasteiger partial charge in [-0.05, 0) is 25.0 Å². The number of nitrogens with zero attached hydrogens (tertiary/aromatic N) is 1. The van der Waals surface area contributed by atoms with Crippen molar-refractivity contribution in [1.82, 2.24) is 4.98 Å². The molecule has 1 rings (SSSR count). The number of anilines is 1. The van der Waals surface area contributed by atoms with Crippen molar-refractivity contribution in [3.05, 3.63) is 24.1 Å². The summed E-state index contributed by atoms with van der Waals surface area (Å²) in [6.07, 6.45) is 1.21. The van der Waals surface area contributed by atoms with Crippen LogP contribution in [0.1, 0.15) is 12.8 Å². The Bertz CT molecular complexity index is 373. The van der Waals surface area contributed by atoms with Crippen LogP contribution in [0.25, 0.3) is 0 Å². The van der Waals surface area contributed by atoms with Crippen molar-refractivity contribution >= 4 is 11.7 Å². The topological polar surface area (TPSA) is 77.2 Å². The summed E-state index contributed by atoms with van der Waals surface area (Å²) >= 11 is 0. The maximum absolute atomic E-state index is 12.8. The Labute approximate surface area is 99.2 Å². The van der Waals surface area contributed by atoms with Gasteiger partial charge in [-0.2, -0.15) is 4.39 Å². The van der Waals surface area contributed by atoms with Gasteiger partial charge in [0.1, 0.15) is 5.82 Å². The van der Waals surface area contributed by atoms with E-state index in [4.69, 9.17) is 10.5 Å². The van der Waals surface area contributed by atoms with Crippen molar-refractivity contribution in [2.45, 2.75) is 18.9 Å². The summed E-state index contributed by atoms with van der Waals surface area (Å²) in [6, 6.07) is 3.53. The van der Waals surface area contributed by atoms with Crippen molar-refractivity contribution < 1.29 is 13.9 Å². The van der Waals surface area contributed by atoms with Crippen LogP contribution >= 0.6 is 0 Å². The van der Waals surface area contributed by atoms with E-state index in [1.165, 1.54) is 18.2 Å². The third-order valence-corrected chi connectivity index (χ3v) is 2.17. The average molecular weight is 241 g/mol. The number of nitrogens with two attached hydrogens (primary N) is 1. The maximum atomic E-state index is 12.8. The summed E-state index contributed by atoms with van der Waals surface area (Å²) in [7, 11) is 1.59. The van der Waals surface area contributed by atoms with Gasteiger partial charge in [0.2, 0.25) is 11.9 Å². The highest BCUT2D eigenvalue weighted by atomic mass is 19.1. The lowest BCUT2D eigenvalue weighted by molar-refractivity contribution is -0.117. The summed E-state index contributed by atoms with van der Waals surface area (Å²) in [5.41, 5.74) is 5.65. The molecule has 0 fully saturated rings. The third kappa shape index (κ3) is 4.88. The van der Waals surface area contributed by atoms with E-state index in [2.05, 4.69) is 10.3 Å².